The van der Waals surface area contributed by atoms with Gasteiger partial charge in [0.25, 0.3) is 0 Å². The minimum absolute atomic E-state index is 0.158. The van der Waals surface area contributed by atoms with E-state index in [2.05, 4.69) is 6.92 Å². The molecule has 0 aliphatic carbocycles. The third kappa shape index (κ3) is 6.35. The Balaban J connectivity index is 1.68. The standard InChI is InChI=1S/C27H32O6S/c1-2-3-4-5-6-7-8-15-20-32-27(29)33-24-23(28)25(21-16-11-9-12-17-21)34(30,31)26(24)22-18-13-10-14-19-22/h9-14,16-19,25H,2-8,15,20H2,1H3. The second-order valence-corrected chi connectivity index (χ2v) is 10.4. The van der Waals surface area contributed by atoms with Gasteiger partial charge in [-0.25, -0.2) is 13.2 Å². The molecular weight excluding hydrogens is 452 g/mol. The van der Waals surface area contributed by atoms with Crippen LogP contribution in [0.25, 0.3) is 4.91 Å². The Hall–Kier alpha value is -2.93. The maximum Gasteiger partial charge on any atom is 0.514 e. The van der Waals surface area contributed by atoms with Crippen LogP contribution in [0.1, 0.15) is 74.7 Å². The van der Waals surface area contributed by atoms with Gasteiger partial charge in [0.1, 0.15) is 4.91 Å². The average molecular weight is 485 g/mol. The predicted octanol–water partition coefficient (Wildman–Crippen LogP) is 6.39. The van der Waals surface area contributed by atoms with Gasteiger partial charge in [-0.05, 0) is 17.5 Å². The quantitative estimate of drug-likeness (QED) is 0.256. The summed E-state index contributed by atoms with van der Waals surface area (Å²) in [5.41, 5.74) is 0.618. The first-order chi connectivity index (χ1) is 16.5. The third-order valence-corrected chi connectivity index (χ3v) is 7.90. The van der Waals surface area contributed by atoms with E-state index in [1.54, 1.807) is 60.7 Å². The van der Waals surface area contributed by atoms with Crippen LogP contribution >= 0.6 is 0 Å². The predicted molar refractivity (Wildman–Crippen MR) is 132 cm³/mol. The molecule has 1 unspecified atom stereocenters. The number of allylic oxidation sites excluding steroid dienone is 1. The van der Waals surface area contributed by atoms with E-state index < -0.39 is 32.8 Å². The van der Waals surface area contributed by atoms with Gasteiger partial charge in [-0.3, -0.25) is 4.79 Å². The molecule has 1 aliphatic heterocycles. The summed E-state index contributed by atoms with van der Waals surface area (Å²) in [5, 5.41) is -1.46. The van der Waals surface area contributed by atoms with Crippen LogP contribution in [0, 0.1) is 0 Å². The number of hydrogen-bond donors (Lipinski definition) is 0. The van der Waals surface area contributed by atoms with Gasteiger partial charge < -0.3 is 9.47 Å². The molecule has 182 valence electrons. The second-order valence-electron chi connectivity index (χ2n) is 8.40. The molecule has 0 spiro atoms. The summed E-state index contributed by atoms with van der Waals surface area (Å²) in [6, 6.07) is 16.4. The van der Waals surface area contributed by atoms with Gasteiger partial charge in [-0.15, -0.1) is 0 Å². The Labute approximate surface area is 201 Å². The SMILES string of the molecule is CCCCCCCCCCOC(=O)OC1=C(c2ccccc2)S(=O)(=O)C(c2ccccc2)C1=O. The first-order valence-electron chi connectivity index (χ1n) is 11.9. The van der Waals surface area contributed by atoms with Crippen molar-refractivity contribution in [1.82, 2.24) is 0 Å². The molecule has 3 rings (SSSR count). The van der Waals surface area contributed by atoms with Crippen LogP contribution in [0.5, 0.6) is 0 Å². The second kappa shape index (κ2) is 12.5. The summed E-state index contributed by atoms with van der Waals surface area (Å²) >= 11 is 0. The first-order valence-corrected chi connectivity index (χ1v) is 13.5. The number of hydrogen-bond acceptors (Lipinski definition) is 6. The van der Waals surface area contributed by atoms with Gasteiger partial charge in [0.15, 0.2) is 20.8 Å². The number of unbranched alkanes of at least 4 members (excludes halogenated alkanes) is 7. The van der Waals surface area contributed by atoms with E-state index >= 15 is 0 Å². The molecule has 2 aromatic carbocycles. The fourth-order valence-corrected chi connectivity index (χ4v) is 6.07. The lowest BCUT2D eigenvalue weighted by molar-refractivity contribution is -0.117. The average Bonchev–Trinajstić information content (AvgIpc) is 3.03. The number of carbonyl (C=O) groups is 2. The van der Waals surface area contributed by atoms with Crippen LogP contribution in [0.4, 0.5) is 4.79 Å². The molecule has 1 aliphatic rings. The van der Waals surface area contributed by atoms with Crippen LogP contribution < -0.4 is 0 Å². The van der Waals surface area contributed by atoms with Crippen molar-refractivity contribution >= 4 is 26.7 Å². The molecular formula is C27H32O6S. The molecule has 0 amide bonds. The van der Waals surface area contributed by atoms with Crippen molar-refractivity contribution < 1.29 is 27.5 Å². The van der Waals surface area contributed by atoms with Gasteiger partial charge in [-0.1, -0.05) is 113 Å². The van der Waals surface area contributed by atoms with Crippen LogP contribution in [0.3, 0.4) is 0 Å². The van der Waals surface area contributed by atoms with E-state index in [1.807, 2.05) is 0 Å². The summed E-state index contributed by atoms with van der Waals surface area (Å²) in [7, 11) is -4.12. The molecule has 0 saturated heterocycles. The van der Waals surface area contributed by atoms with Gasteiger partial charge >= 0.3 is 6.16 Å². The van der Waals surface area contributed by atoms with Gasteiger partial charge in [0.2, 0.25) is 5.78 Å². The molecule has 1 heterocycles. The zero-order valence-corrected chi connectivity index (χ0v) is 20.4. The Kier molecular flexibility index (Phi) is 9.45. The summed E-state index contributed by atoms with van der Waals surface area (Å²) in [6.45, 7) is 2.34. The van der Waals surface area contributed by atoms with Gasteiger partial charge in [-0.2, -0.15) is 0 Å². The smallest absolute Gasteiger partial charge is 0.434 e. The van der Waals surface area contributed by atoms with E-state index in [1.165, 1.54) is 25.7 Å². The summed E-state index contributed by atoms with van der Waals surface area (Å²) in [6.07, 6.45) is 7.72. The summed E-state index contributed by atoms with van der Waals surface area (Å²) < 4.78 is 37.2. The van der Waals surface area contributed by atoms with Crippen molar-refractivity contribution in [2.75, 3.05) is 6.61 Å². The van der Waals surface area contributed by atoms with E-state index in [0.29, 0.717) is 17.5 Å². The fraction of sp³-hybridized carbons (Fsp3) is 0.407. The zero-order valence-electron chi connectivity index (χ0n) is 19.6. The monoisotopic (exact) mass is 484 g/mol. The summed E-state index contributed by atoms with van der Waals surface area (Å²) in [4.78, 5) is 25.3. The van der Waals surface area contributed by atoms with Crippen molar-refractivity contribution in [3.8, 4) is 0 Å². The van der Waals surface area contributed by atoms with Gasteiger partial charge in [0.05, 0.1) is 6.61 Å². The maximum atomic E-state index is 13.4. The zero-order chi connectivity index (χ0) is 24.4. The van der Waals surface area contributed by atoms with Crippen molar-refractivity contribution in [2.45, 2.75) is 63.5 Å². The molecule has 0 radical (unpaired) electrons. The van der Waals surface area contributed by atoms with Crippen LogP contribution in [-0.4, -0.2) is 27.0 Å². The number of Topliss-reactive ketones (excluding diaryl/α,β-unsaturated/α-hetero) is 1. The van der Waals surface area contributed by atoms with E-state index in [0.717, 1.165) is 19.3 Å². The Bertz CT molecular complexity index is 1090. The topological polar surface area (TPSA) is 86.7 Å². The molecule has 0 saturated carbocycles. The first kappa shape index (κ1) is 25.7. The molecule has 6 nitrogen and oxygen atoms in total. The largest absolute Gasteiger partial charge is 0.514 e. The highest BCUT2D eigenvalue weighted by Gasteiger charge is 2.50. The lowest BCUT2D eigenvalue weighted by atomic mass is 10.1. The molecule has 7 heteroatoms. The fourth-order valence-electron chi connectivity index (χ4n) is 4.06. The Morgan fingerprint density at radius 3 is 2.00 bits per heavy atom. The van der Waals surface area contributed by atoms with Crippen molar-refractivity contribution in [1.29, 1.82) is 0 Å². The highest BCUT2D eigenvalue weighted by atomic mass is 32.2. The molecule has 0 fully saturated rings. The normalized spacial score (nSPS) is 17.1. The molecule has 1 atom stereocenters. The third-order valence-electron chi connectivity index (χ3n) is 5.80. The van der Waals surface area contributed by atoms with Crippen LogP contribution in [0.15, 0.2) is 66.4 Å². The molecule has 0 N–H and O–H groups in total. The minimum atomic E-state index is -4.12. The van der Waals surface area contributed by atoms with E-state index in [4.69, 9.17) is 9.47 Å². The van der Waals surface area contributed by atoms with Crippen molar-refractivity contribution in [3.63, 3.8) is 0 Å². The van der Waals surface area contributed by atoms with Crippen LogP contribution in [-0.2, 0) is 24.1 Å². The van der Waals surface area contributed by atoms with E-state index in [9.17, 15) is 18.0 Å². The highest BCUT2D eigenvalue weighted by molar-refractivity contribution is 8.02. The van der Waals surface area contributed by atoms with Crippen LogP contribution in [0.2, 0.25) is 0 Å². The number of ketones is 1. The molecule has 0 aromatic heterocycles. The number of ether oxygens (including phenoxy) is 2. The molecule has 34 heavy (non-hydrogen) atoms. The van der Waals surface area contributed by atoms with Crippen molar-refractivity contribution in [3.05, 3.63) is 77.5 Å². The number of benzene rings is 2. The summed E-state index contributed by atoms with van der Waals surface area (Å²) in [5.74, 6) is -1.25. The van der Waals surface area contributed by atoms with E-state index in [-0.39, 0.29) is 11.5 Å². The Morgan fingerprint density at radius 2 is 1.38 bits per heavy atom. The molecule has 0 bridgehead atoms. The number of sulfone groups is 1. The number of carbonyl (C=O) groups excluding carboxylic acids is 2. The van der Waals surface area contributed by atoms with Crippen molar-refractivity contribution in [2.24, 2.45) is 0 Å². The maximum absolute atomic E-state index is 13.4. The lowest BCUT2D eigenvalue weighted by Crippen LogP contribution is -2.17. The highest BCUT2D eigenvalue weighted by Crippen LogP contribution is 2.44. The number of rotatable bonds is 12. The van der Waals surface area contributed by atoms with Gasteiger partial charge in [0, 0.05) is 0 Å². The Morgan fingerprint density at radius 1 is 0.824 bits per heavy atom. The minimum Gasteiger partial charge on any atom is -0.434 e. The molecule has 2 aromatic rings. The lowest BCUT2D eigenvalue weighted by Gasteiger charge is -2.10.